The molecular formula is C18H15BrFN. The topological polar surface area (TPSA) is 23.8 Å². The van der Waals surface area contributed by atoms with Crippen LogP contribution in [0.15, 0.2) is 46.9 Å². The molecule has 3 heteroatoms. The van der Waals surface area contributed by atoms with Crippen molar-refractivity contribution in [3.05, 3.63) is 69.4 Å². The van der Waals surface area contributed by atoms with E-state index in [-0.39, 0.29) is 5.82 Å². The van der Waals surface area contributed by atoms with E-state index in [2.05, 4.69) is 28.1 Å². The van der Waals surface area contributed by atoms with Crippen molar-refractivity contribution in [1.29, 1.82) is 5.26 Å². The molecule has 0 amide bonds. The molecule has 0 heterocycles. The summed E-state index contributed by atoms with van der Waals surface area (Å²) >= 11 is 3.27. The largest absolute Gasteiger partial charge is 0.207 e. The van der Waals surface area contributed by atoms with Crippen LogP contribution >= 0.6 is 15.9 Å². The highest BCUT2D eigenvalue weighted by atomic mass is 79.9. The van der Waals surface area contributed by atoms with Gasteiger partial charge in [-0.25, -0.2) is 4.39 Å². The molecule has 0 N–H and O–H groups in total. The van der Waals surface area contributed by atoms with Gasteiger partial charge in [-0.3, -0.25) is 0 Å². The highest BCUT2D eigenvalue weighted by Gasteiger charge is 2.37. The first-order chi connectivity index (χ1) is 10.1. The molecular weight excluding hydrogens is 329 g/mol. The Morgan fingerprint density at radius 3 is 2.81 bits per heavy atom. The van der Waals surface area contributed by atoms with Crippen LogP contribution in [0.1, 0.15) is 29.5 Å². The van der Waals surface area contributed by atoms with Crippen LogP contribution in [0.4, 0.5) is 4.39 Å². The van der Waals surface area contributed by atoms with Crippen LogP contribution in [0.5, 0.6) is 0 Å². The first-order valence-corrected chi connectivity index (χ1v) is 7.87. The van der Waals surface area contributed by atoms with Crippen LogP contribution in [0.2, 0.25) is 0 Å². The molecule has 0 aromatic heterocycles. The predicted octanol–water partition coefficient (Wildman–Crippen LogP) is 4.93. The fourth-order valence-corrected chi connectivity index (χ4v) is 3.58. The highest BCUT2D eigenvalue weighted by molar-refractivity contribution is 9.10. The SMILES string of the molecule is N#CC1(Cc2ccc(Br)cc2F)CCCc2ccccc21. The Balaban J connectivity index is 2.05. The number of hydrogen-bond donors (Lipinski definition) is 0. The first-order valence-electron chi connectivity index (χ1n) is 7.08. The number of fused-ring (bicyclic) bond motifs is 1. The summed E-state index contributed by atoms with van der Waals surface area (Å²) in [6.45, 7) is 0. The van der Waals surface area contributed by atoms with Gasteiger partial charge in [0.15, 0.2) is 0 Å². The van der Waals surface area contributed by atoms with Gasteiger partial charge >= 0.3 is 0 Å². The molecule has 2 aromatic carbocycles. The zero-order chi connectivity index (χ0) is 14.9. The number of rotatable bonds is 2. The molecule has 0 bridgehead atoms. The van der Waals surface area contributed by atoms with Crippen LogP contribution in [0.25, 0.3) is 0 Å². The molecule has 3 rings (SSSR count). The number of aryl methyl sites for hydroxylation is 1. The number of benzene rings is 2. The minimum atomic E-state index is -0.608. The number of halogens is 2. The van der Waals surface area contributed by atoms with Gasteiger partial charge in [0.05, 0.1) is 11.5 Å². The molecule has 1 aliphatic rings. The second-order valence-electron chi connectivity index (χ2n) is 5.62. The summed E-state index contributed by atoms with van der Waals surface area (Å²) in [6, 6.07) is 15.6. The van der Waals surface area contributed by atoms with Crippen molar-refractivity contribution < 1.29 is 4.39 Å². The van der Waals surface area contributed by atoms with Crippen molar-refractivity contribution in [2.45, 2.75) is 31.1 Å². The van der Waals surface area contributed by atoms with Crippen molar-refractivity contribution in [2.24, 2.45) is 0 Å². The molecule has 0 aliphatic heterocycles. The van der Waals surface area contributed by atoms with Crippen molar-refractivity contribution in [1.82, 2.24) is 0 Å². The van der Waals surface area contributed by atoms with Crippen LogP contribution < -0.4 is 0 Å². The average molecular weight is 344 g/mol. The van der Waals surface area contributed by atoms with Gasteiger partial charge in [0.25, 0.3) is 0 Å². The van der Waals surface area contributed by atoms with Gasteiger partial charge in [0.2, 0.25) is 0 Å². The van der Waals surface area contributed by atoms with E-state index in [0.29, 0.717) is 12.0 Å². The monoisotopic (exact) mass is 343 g/mol. The Hall–Kier alpha value is -1.66. The van der Waals surface area contributed by atoms with E-state index in [1.54, 1.807) is 6.07 Å². The van der Waals surface area contributed by atoms with Crippen molar-refractivity contribution >= 4 is 15.9 Å². The summed E-state index contributed by atoms with van der Waals surface area (Å²) in [6.07, 6.45) is 3.20. The smallest absolute Gasteiger partial charge is 0.127 e. The number of hydrogen-bond acceptors (Lipinski definition) is 1. The Morgan fingerprint density at radius 2 is 2.05 bits per heavy atom. The van der Waals surface area contributed by atoms with E-state index in [1.807, 2.05) is 24.3 Å². The molecule has 21 heavy (non-hydrogen) atoms. The Bertz CT molecular complexity index is 719. The third-order valence-electron chi connectivity index (χ3n) is 4.30. The maximum atomic E-state index is 14.1. The summed E-state index contributed by atoms with van der Waals surface area (Å²) in [5.41, 5.74) is 2.30. The van der Waals surface area contributed by atoms with Gasteiger partial charge in [-0.1, -0.05) is 46.3 Å². The maximum Gasteiger partial charge on any atom is 0.127 e. The average Bonchev–Trinajstić information content (AvgIpc) is 2.50. The minimum Gasteiger partial charge on any atom is -0.207 e. The van der Waals surface area contributed by atoms with Gasteiger partial charge in [-0.2, -0.15) is 5.26 Å². The van der Waals surface area contributed by atoms with Gasteiger partial charge in [-0.15, -0.1) is 0 Å². The molecule has 0 saturated carbocycles. The van der Waals surface area contributed by atoms with Crippen LogP contribution in [-0.4, -0.2) is 0 Å². The van der Waals surface area contributed by atoms with Crippen LogP contribution in [-0.2, 0) is 18.3 Å². The number of nitriles is 1. The van der Waals surface area contributed by atoms with Gasteiger partial charge in [-0.05, 0) is 54.5 Å². The van der Waals surface area contributed by atoms with E-state index in [4.69, 9.17) is 0 Å². The lowest BCUT2D eigenvalue weighted by Gasteiger charge is -2.33. The van der Waals surface area contributed by atoms with Crippen LogP contribution in [0, 0.1) is 17.1 Å². The molecule has 1 aliphatic carbocycles. The Labute approximate surface area is 132 Å². The lowest BCUT2D eigenvalue weighted by Crippen LogP contribution is -2.32. The van der Waals surface area contributed by atoms with Crippen molar-refractivity contribution in [3.63, 3.8) is 0 Å². The maximum absolute atomic E-state index is 14.1. The lowest BCUT2D eigenvalue weighted by molar-refractivity contribution is 0.441. The van der Waals surface area contributed by atoms with Crippen LogP contribution in [0.3, 0.4) is 0 Å². The summed E-state index contributed by atoms with van der Waals surface area (Å²) in [4.78, 5) is 0. The van der Waals surface area contributed by atoms with Crippen molar-refractivity contribution in [3.8, 4) is 6.07 Å². The molecule has 0 spiro atoms. The summed E-state index contributed by atoms with van der Waals surface area (Å²) < 4.78 is 14.9. The third kappa shape index (κ3) is 2.61. The summed E-state index contributed by atoms with van der Waals surface area (Å²) in [5, 5.41) is 9.81. The zero-order valence-corrected chi connectivity index (χ0v) is 13.2. The Morgan fingerprint density at radius 1 is 1.24 bits per heavy atom. The quantitative estimate of drug-likeness (QED) is 0.758. The molecule has 1 atom stereocenters. The third-order valence-corrected chi connectivity index (χ3v) is 4.80. The summed E-state index contributed by atoms with van der Waals surface area (Å²) in [7, 11) is 0. The summed E-state index contributed by atoms with van der Waals surface area (Å²) in [5.74, 6) is -0.248. The van der Waals surface area contributed by atoms with E-state index >= 15 is 0 Å². The van der Waals surface area contributed by atoms with E-state index in [0.717, 1.165) is 29.3 Å². The first kappa shape index (κ1) is 14.3. The molecule has 2 aromatic rings. The van der Waals surface area contributed by atoms with Gasteiger partial charge in [0, 0.05) is 4.47 Å². The number of nitrogens with zero attached hydrogens (tertiary/aromatic N) is 1. The fourth-order valence-electron chi connectivity index (χ4n) is 3.25. The zero-order valence-electron chi connectivity index (χ0n) is 11.6. The van der Waals surface area contributed by atoms with E-state index in [1.165, 1.54) is 11.6 Å². The molecule has 0 fully saturated rings. The normalized spacial score (nSPS) is 20.6. The minimum absolute atomic E-state index is 0.248. The standard InChI is InChI=1S/C18H15BrFN/c19-15-8-7-14(17(20)10-15)11-18(12-21)9-3-5-13-4-1-2-6-16(13)18/h1-2,4,6-8,10H,3,5,9,11H2. The molecule has 1 unspecified atom stereocenters. The molecule has 0 radical (unpaired) electrons. The highest BCUT2D eigenvalue weighted by Crippen LogP contribution is 2.40. The van der Waals surface area contributed by atoms with E-state index in [9.17, 15) is 9.65 Å². The van der Waals surface area contributed by atoms with E-state index < -0.39 is 5.41 Å². The Kier molecular flexibility index (Phi) is 3.82. The molecule has 106 valence electrons. The molecule has 0 saturated heterocycles. The predicted molar refractivity (Wildman–Crippen MR) is 84.5 cm³/mol. The second-order valence-corrected chi connectivity index (χ2v) is 6.53. The fraction of sp³-hybridized carbons (Fsp3) is 0.278. The van der Waals surface area contributed by atoms with Crippen molar-refractivity contribution in [2.75, 3.05) is 0 Å². The van der Waals surface area contributed by atoms with Gasteiger partial charge in [0.1, 0.15) is 5.82 Å². The second kappa shape index (κ2) is 5.61. The van der Waals surface area contributed by atoms with Gasteiger partial charge < -0.3 is 0 Å². The lowest BCUT2D eigenvalue weighted by atomic mass is 9.68. The molecule has 1 nitrogen and oxygen atoms in total.